The Morgan fingerprint density at radius 3 is 2.60 bits per heavy atom. The molecular formula is C14H18N4O2. The van der Waals surface area contributed by atoms with E-state index in [9.17, 15) is 4.79 Å². The number of carbonyl (C=O) groups is 1. The second kappa shape index (κ2) is 6.72. The third-order valence-electron chi connectivity index (χ3n) is 2.98. The Morgan fingerprint density at radius 2 is 2.10 bits per heavy atom. The van der Waals surface area contributed by atoms with Crippen LogP contribution in [0.5, 0.6) is 0 Å². The lowest BCUT2D eigenvalue weighted by Crippen LogP contribution is -2.12. The van der Waals surface area contributed by atoms with Crippen molar-refractivity contribution in [3.05, 3.63) is 54.1 Å². The van der Waals surface area contributed by atoms with E-state index in [2.05, 4.69) is 14.7 Å². The molecule has 106 valence electrons. The lowest BCUT2D eigenvalue weighted by atomic mass is 10.2. The highest BCUT2D eigenvalue weighted by Gasteiger charge is 2.35. The smallest absolute Gasteiger partial charge is 0.404 e. The van der Waals surface area contributed by atoms with Crippen molar-refractivity contribution in [2.24, 2.45) is 11.5 Å². The molecule has 0 saturated heterocycles. The van der Waals surface area contributed by atoms with Crippen LogP contribution in [0.1, 0.15) is 23.6 Å². The number of hydrogen-bond donors (Lipinski definition) is 3. The van der Waals surface area contributed by atoms with E-state index in [1.54, 1.807) is 6.33 Å². The molecule has 6 heteroatoms. The summed E-state index contributed by atoms with van der Waals surface area (Å²) in [5, 5.41) is 0. The molecule has 2 aromatic rings. The first-order valence-corrected chi connectivity index (χ1v) is 6.37. The molecule has 1 aliphatic carbocycles. The van der Waals surface area contributed by atoms with E-state index in [0.29, 0.717) is 12.0 Å². The highest BCUT2D eigenvalue weighted by Crippen LogP contribution is 2.37. The molecule has 0 unspecified atom stereocenters. The van der Waals surface area contributed by atoms with Crippen molar-refractivity contribution < 1.29 is 9.53 Å². The maximum absolute atomic E-state index is 10.2. The molecule has 1 aromatic carbocycles. The number of imidazole rings is 1. The van der Waals surface area contributed by atoms with Crippen LogP contribution in [0.4, 0.5) is 4.79 Å². The predicted octanol–water partition coefficient (Wildman–Crippen LogP) is 1.51. The van der Waals surface area contributed by atoms with E-state index in [4.69, 9.17) is 11.5 Å². The minimum absolute atomic E-state index is 0.246. The van der Waals surface area contributed by atoms with Gasteiger partial charge in [-0.05, 0) is 12.0 Å². The Hall–Kier alpha value is -2.34. The number of hydrogen-bond acceptors (Lipinski definition) is 4. The van der Waals surface area contributed by atoms with Gasteiger partial charge >= 0.3 is 6.09 Å². The van der Waals surface area contributed by atoms with Crippen molar-refractivity contribution >= 4 is 6.09 Å². The summed E-state index contributed by atoms with van der Waals surface area (Å²) >= 11 is 0. The molecule has 1 aliphatic rings. The van der Waals surface area contributed by atoms with E-state index in [1.165, 1.54) is 5.69 Å². The number of aromatic amines is 1. The molecule has 0 bridgehead atoms. The first kappa shape index (κ1) is 14.1. The van der Waals surface area contributed by atoms with E-state index in [0.717, 1.165) is 12.0 Å². The normalized spacial score (nSPS) is 19.6. The summed E-state index contributed by atoms with van der Waals surface area (Å²) in [7, 11) is 0. The summed E-state index contributed by atoms with van der Waals surface area (Å²) < 4.78 is 4.57. The number of ether oxygens (including phenoxy) is 1. The van der Waals surface area contributed by atoms with Gasteiger partial charge in [0.15, 0.2) is 0 Å². The number of aromatic nitrogens is 2. The number of nitrogens with two attached hydrogens (primary N) is 2. The quantitative estimate of drug-likeness (QED) is 0.788. The molecule has 5 N–H and O–H groups in total. The molecular weight excluding hydrogens is 256 g/mol. The van der Waals surface area contributed by atoms with Gasteiger partial charge in [0.1, 0.15) is 6.61 Å². The fraction of sp³-hybridized carbons (Fsp3) is 0.286. The standard InChI is InChI=1S/C8H9NO2.C6H9N3/c9-8(10)11-6-7-4-2-1-3-5-7;7-5-1-4(5)6-2-8-3-9-6/h1-5H,6H2,(H2,9,10);2-5H,1,7H2,(H,8,9)/t;4-,5-/m.0/s1. The van der Waals surface area contributed by atoms with Gasteiger partial charge in [0.25, 0.3) is 0 Å². The third-order valence-corrected chi connectivity index (χ3v) is 2.98. The minimum Gasteiger partial charge on any atom is -0.445 e. The van der Waals surface area contributed by atoms with Gasteiger partial charge in [0, 0.05) is 23.9 Å². The van der Waals surface area contributed by atoms with Gasteiger partial charge in [-0.1, -0.05) is 30.3 Å². The average molecular weight is 274 g/mol. The molecule has 0 radical (unpaired) electrons. The number of rotatable bonds is 3. The highest BCUT2D eigenvalue weighted by molar-refractivity contribution is 5.64. The zero-order valence-corrected chi connectivity index (χ0v) is 11.0. The molecule has 1 heterocycles. The molecule has 1 saturated carbocycles. The summed E-state index contributed by atoms with van der Waals surface area (Å²) in [5.74, 6) is 0.562. The Morgan fingerprint density at radius 1 is 1.40 bits per heavy atom. The number of nitrogens with one attached hydrogen (secondary N) is 1. The Labute approximate surface area is 117 Å². The lowest BCUT2D eigenvalue weighted by molar-refractivity contribution is 0.150. The van der Waals surface area contributed by atoms with Gasteiger partial charge in [-0.15, -0.1) is 0 Å². The molecule has 6 nitrogen and oxygen atoms in total. The van der Waals surface area contributed by atoms with Crippen LogP contribution in [0.2, 0.25) is 0 Å². The maximum Gasteiger partial charge on any atom is 0.404 e. The fourth-order valence-electron chi connectivity index (χ4n) is 1.77. The molecule has 1 fully saturated rings. The van der Waals surface area contributed by atoms with Crippen LogP contribution in [0, 0.1) is 0 Å². The first-order chi connectivity index (χ1) is 9.66. The molecule has 0 aliphatic heterocycles. The van der Waals surface area contributed by atoms with Gasteiger partial charge in [-0.3, -0.25) is 0 Å². The fourth-order valence-corrected chi connectivity index (χ4v) is 1.77. The van der Waals surface area contributed by atoms with Crippen LogP contribution in [0.25, 0.3) is 0 Å². The zero-order chi connectivity index (χ0) is 14.4. The second-order valence-corrected chi connectivity index (χ2v) is 4.61. The van der Waals surface area contributed by atoms with Gasteiger partial charge in [-0.2, -0.15) is 0 Å². The van der Waals surface area contributed by atoms with Crippen LogP contribution in [0.15, 0.2) is 42.9 Å². The van der Waals surface area contributed by atoms with Crippen molar-refractivity contribution in [3.8, 4) is 0 Å². The second-order valence-electron chi connectivity index (χ2n) is 4.61. The number of H-pyrrole nitrogens is 1. The van der Waals surface area contributed by atoms with Crippen molar-refractivity contribution in [2.45, 2.75) is 25.0 Å². The van der Waals surface area contributed by atoms with Crippen molar-refractivity contribution in [2.75, 3.05) is 0 Å². The monoisotopic (exact) mass is 274 g/mol. The largest absolute Gasteiger partial charge is 0.445 e. The van der Waals surface area contributed by atoms with Gasteiger partial charge < -0.3 is 21.2 Å². The number of carbonyl (C=O) groups excluding carboxylic acids is 1. The number of amides is 1. The third kappa shape index (κ3) is 4.40. The Kier molecular flexibility index (Phi) is 4.73. The Balaban J connectivity index is 0.000000149. The molecule has 2 atom stereocenters. The van der Waals surface area contributed by atoms with Crippen molar-refractivity contribution in [3.63, 3.8) is 0 Å². The van der Waals surface area contributed by atoms with Crippen LogP contribution in [0.3, 0.4) is 0 Å². The Bertz CT molecular complexity index is 527. The van der Waals surface area contributed by atoms with Gasteiger partial charge in [0.05, 0.1) is 6.33 Å². The van der Waals surface area contributed by atoms with Crippen LogP contribution < -0.4 is 11.5 Å². The van der Waals surface area contributed by atoms with E-state index in [1.807, 2.05) is 36.5 Å². The molecule has 0 spiro atoms. The molecule has 1 aromatic heterocycles. The molecule has 1 amide bonds. The molecule has 3 rings (SSSR count). The van der Waals surface area contributed by atoms with Crippen LogP contribution in [-0.4, -0.2) is 22.1 Å². The summed E-state index contributed by atoms with van der Waals surface area (Å²) in [4.78, 5) is 17.1. The summed E-state index contributed by atoms with van der Waals surface area (Å²) in [6, 6.07) is 9.75. The van der Waals surface area contributed by atoms with Gasteiger partial charge in [-0.25, -0.2) is 9.78 Å². The SMILES string of the molecule is NC(=O)OCc1ccccc1.N[C@H]1C[C@@H]1c1cnc[nH]1. The lowest BCUT2D eigenvalue weighted by Gasteiger charge is -1.99. The van der Waals surface area contributed by atoms with Crippen LogP contribution in [-0.2, 0) is 11.3 Å². The number of nitrogens with zero attached hydrogens (tertiary/aromatic N) is 1. The summed E-state index contributed by atoms with van der Waals surface area (Å²) in [6.07, 6.45) is 3.91. The maximum atomic E-state index is 10.2. The van der Waals surface area contributed by atoms with Gasteiger partial charge in [0.2, 0.25) is 0 Å². The van der Waals surface area contributed by atoms with E-state index >= 15 is 0 Å². The summed E-state index contributed by atoms with van der Waals surface area (Å²) in [6.45, 7) is 0.246. The predicted molar refractivity (Wildman–Crippen MR) is 74.7 cm³/mol. The number of benzene rings is 1. The van der Waals surface area contributed by atoms with Crippen molar-refractivity contribution in [1.82, 2.24) is 9.97 Å². The topological polar surface area (TPSA) is 107 Å². The van der Waals surface area contributed by atoms with E-state index in [-0.39, 0.29) is 6.61 Å². The van der Waals surface area contributed by atoms with E-state index < -0.39 is 6.09 Å². The minimum atomic E-state index is -0.742. The first-order valence-electron chi connectivity index (χ1n) is 6.37. The zero-order valence-electron chi connectivity index (χ0n) is 11.0. The highest BCUT2D eigenvalue weighted by atomic mass is 16.5. The molecule has 20 heavy (non-hydrogen) atoms. The number of primary amides is 1. The summed E-state index contributed by atoms with van der Waals surface area (Å²) in [5.41, 5.74) is 12.5. The van der Waals surface area contributed by atoms with Crippen LogP contribution >= 0.6 is 0 Å². The average Bonchev–Trinajstić information content (AvgIpc) is 2.95. The van der Waals surface area contributed by atoms with Crippen molar-refractivity contribution in [1.29, 1.82) is 0 Å².